The molecule has 0 atom stereocenters. The third-order valence-electron chi connectivity index (χ3n) is 2.83. The van der Waals surface area contributed by atoms with Gasteiger partial charge in [-0.25, -0.2) is 9.48 Å². The zero-order chi connectivity index (χ0) is 15.4. The molecule has 112 valence electrons. The number of nitrogens with zero attached hydrogens (tertiary/aromatic N) is 3. The first-order chi connectivity index (χ1) is 10.0. The number of aryl methyl sites for hydroxylation is 1. The number of amides is 1. The van der Waals surface area contributed by atoms with Crippen LogP contribution < -0.4 is 5.32 Å². The molecule has 0 saturated heterocycles. The number of carbonyl (C=O) groups excluding carboxylic acids is 2. The minimum Gasteiger partial charge on any atom is -0.452 e. The van der Waals surface area contributed by atoms with E-state index < -0.39 is 5.97 Å². The molecule has 0 saturated carbocycles. The van der Waals surface area contributed by atoms with Crippen LogP contribution in [0.2, 0.25) is 0 Å². The van der Waals surface area contributed by atoms with E-state index in [-0.39, 0.29) is 18.6 Å². The molecule has 1 amide bonds. The maximum Gasteiger partial charge on any atom is 0.338 e. The number of ether oxygens (including phenoxy) is 1. The van der Waals surface area contributed by atoms with Gasteiger partial charge in [0.25, 0.3) is 5.91 Å². The van der Waals surface area contributed by atoms with Gasteiger partial charge in [0.15, 0.2) is 6.61 Å². The van der Waals surface area contributed by atoms with Gasteiger partial charge in [-0.2, -0.15) is 0 Å². The van der Waals surface area contributed by atoms with E-state index in [1.165, 1.54) is 0 Å². The van der Waals surface area contributed by atoms with E-state index in [1.54, 1.807) is 22.9 Å². The zero-order valence-corrected chi connectivity index (χ0v) is 12.3. The van der Waals surface area contributed by atoms with Crippen LogP contribution in [0, 0.1) is 0 Å². The van der Waals surface area contributed by atoms with E-state index in [9.17, 15) is 9.59 Å². The van der Waals surface area contributed by atoms with E-state index in [1.807, 2.05) is 20.8 Å². The van der Waals surface area contributed by atoms with Gasteiger partial charge in [-0.15, -0.1) is 5.10 Å². The summed E-state index contributed by atoms with van der Waals surface area (Å²) >= 11 is 0. The largest absolute Gasteiger partial charge is 0.452 e. The summed E-state index contributed by atoms with van der Waals surface area (Å²) in [7, 11) is 0. The van der Waals surface area contributed by atoms with Gasteiger partial charge in [0.1, 0.15) is 5.52 Å². The van der Waals surface area contributed by atoms with Crippen molar-refractivity contribution in [3.63, 3.8) is 0 Å². The van der Waals surface area contributed by atoms with Crippen LogP contribution in [0.15, 0.2) is 18.2 Å². The molecule has 0 aliphatic heterocycles. The van der Waals surface area contributed by atoms with E-state index in [4.69, 9.17) is 4.74 Å². The SMILES string of the molecule is CCn1nnc2cc(C(=O)OCC(=O)NC(C)C)ccc21. The van der Waals surface area contributed by atoms with Gasteiger partial charge in [-0.3, -0.25) is 4.79 Å². The Hall–Kier alpha value is -2.44. The van der Waals surface area contributed by atoms with Crippen molar-refractivity contribution >= 4 is 22.9 Å². The van der Waals surface area contributed by atoms with Crippen molar-refractivity contribution in [2.75, 3.05) is 6.61 Å². The summed E-state index contributed by atoms with van der Waals surface area (Å²) in [5.41, 5.74) is 1.83. The summed E-state index contributed by atoms with van der Waals surface area (Å²) in [5.74, 6) is -0.877. The lowest BCUT2D eigenvalue weighted by atomic mass is 10.2. The number of benzene rings is 1. The number of hydrogen-bond donors (Lipinski definition) is 1. The van der Waals surface area contributed by atoms with Gasteiger partial charge in [0.05, 0.1) is 11.1 Å². The molecule has 1 N–H and O–H groups in total. The Labute approximate surface area is 122 Å². The van der Waals surface area contributed by atoms with E-state index >= 15 is 0 Å². The molecule has 1 aromatic heterocycles. The van der Waals surface area contributed by atoms with Gasteiger partial charge in [-0.1, -0.05) is 5.21 Å². The first-order valence-electron chi connectivity index (χ1n) is 6.81. The Morgan fingerprint density at radius 1 is 1.38 bits per heavy atom. The molecule has 2 rings (SSSR count). The topological polar surface area (TPSA) is 86.1 Å². The summed E-state index contributed by atoms with van der Waals surface area (Å²) in [6, 6.07) is 5.03. The van der Waals surface area contributed by atoms with Crippen LogP contribution in [0.5, 0.6) is 0 Å². The second kappa shape index (κ2) is 6.34. The lowest BCUT2D eigenvalue weighted by molar-refractivity contribution is -0.124. The first kappa shape index (κ1) is 15.0. The highest BCUT2D eigenvalue weighted by molar-refractivity contribution is 5.94. The average Bonchev–Trinajstić information content (AvgIpc) is 2.86. The second-order valence-corrected chi connectivity index (χ2v) is 4.91. The van der Waals surface area contributed by atoms with Crippen LogP contribution in [-0.4, -0.2) is 39.5 Å². The molecule has 0 fully saturated rings. The van der Waals surface area contributed by atoms with Gasteiger partial charge < -0.3 is 10.1 Å². The maximum absolute atomic E-state index is 11.9. The van der Waals surface area contributed by atoms with Gasteiger partial charge >= 0.3 is 5.97 Å². The van der Waals surface area contributed by atoms with Crippen molar-refractivity contribution in [1.29, 1.82) is 0 Å². The zero-order valence-electron chi connectivity index (χ0n) is 12.3. The molecule has 0 bridgehead atoms. The van der Waals surface area contributed by atoms with Crippen LogP contribution in [0.3, 0.4) is 0 Å². The molecule has 2 aromatic rings. The van der Waals surface area contributed by atoms with Gasteiger partial charge in [0, 0.05) is 12.6 Å². The summed E-state index contributed by atoms with van der Waals surface area (Å²) in [6.07, 6.45) is 0. The normalized spacial score (nSPS) is 10.9. The third kappa shape index (κ3) is 3.56. The van der Waals surface area contributed by atoms with E-state index in [2.05, 4.69) is 15.6 Å². The minimum absolute atomic E-state index is 0.0108. The fourth-order valence-electron chi connectivity index (χ4n) is 1.91. The molecule has 21 heavy (non-hydrogen) atoms. The molecule has 1 heterocycles. The number of aromatic nitrogens is 3. The summed E-state index contributed by atoms with van der Waals surface area (Å²) in [6.45, 7) is 6.05. The number of nitrogens with one attached hydrogen (secondary N) is 1. The minimum atomic E-state index is -0.554. The molecule has 1 aromatic carbocycles. The van der Waals surface area contributed by atoms with Crippen LogP contribution in [0.4, 0.5) is 0 Å². The van der Waals surface area contributed by atoms with Crippen molar-refractivity contribution in [3.8, 4) is 0 Å². The monoisotopic (exact) mass is 290 g/mol. The smallest absolute Gasteiger partial charge is 0.338 e. The van der Waals surface area contributed by atoms with Crippen molar-refractivity contribution in [3.05, 3.63) is 23.8 Å². The van der Waals surface area contributed by atoms with Crippen LogP contribution in [-0.2, 0) is 16.1 Å². The highest BCUT2D eigenvalue weighted by atomic mass is 16.5. The Balaban J connectivity index is 2.04. The van der Waals surface area contributed by atoms with Crippen LogP contribution >= 0.6 is 0 Å². The Morgan fingerprint density at radius 2 is 2.14 bits per heavy atom. The highest BCUT2D eigenvalue weighted by Crippen LogP contribution is 2.14. The quantitative estimate of drug-likeness (QED) is 0.834. The Bertz CT molecular complexity index is 663. The Kier molecular flexibility index (Phi) is 4.52. The first-order valence-corrected chi connectivity index (χ1v) is 6.81. The molecule has 0 aliphatic rings. The lowest BCUT2D eigenvalue weighted by Crippen LogP contribution is -2.33. The molecular weight excluding hydrogens is 272 g/mol. The van der Waals surface area contributed by atoms with Crippen LogP contribution in [0.1, 0.15) is 31.1 Å². The maximum atomic E-state index is 11.9. The molecular formula is C14H18N4O3. The molecule has 0 aliphatic carbocycles. The number of esters is 1. The van der Waals surface area contributed by atoms with Crippen molar-refractivity contribution in [2.24, 2.45) is 0 Å². The second-order valence-electron chi connectivity index (χ2n) is 4.91. The number of fused-ring (bicyclic) bond motifs is 1. The standard InChI is InChI=1S/C14H18N4O3/c1-4-18-12-6-5-10(7-11(12)16-17-18)14(20)21-8-13(19)15-9(2)3/h5-7,9H,4,8H2,1-3H3,(H,15,19). The van der Waals surface area contributed by atoms with Crippen molar-refractivity contribution in [2.45, 2.75) is 33.4 Å². The lowest BCUT2D eigenvalue weighted by Gasteiger charge is -2.08. The van der Waals surface area contributed by atoms with Gasteiger partial charge in [0.2, 0.25) is 0 Å². The predicted molar refractivity (Wildman–Crippen MR) is 76.8 cm³/mol. The van der Waals surface area contributed by atoms with E-state index in [0.29, 0.717) is 17.6 Å². The van der Waals surface area contributed by atoms with Gasteiger partial charge in [-0.05, 0) is 39.0 Å². The third-order valence-corrected chi connectivity index (χ3v) is 2.83. The average molecular weight is 290 g/mol. The van der Waals surface area contributed by atoms with Crippen molar-refractivity contribution < 1.29 is 14.3 Å². The fourth-order valence-corrected chi connectivity index (χ4v) is 1.91. The molecule has 0 spiro atoms. The molecule has 0 unspecified atom stereocenters. The summed E-state index contributed by atoms with van der Waals surface area (Å²) in [4.78, 5) is 23.3. The highest BCUT2D eigenvalue weighted by Gasteiger charge is 2.13. The van der Waals surface area contributed by atoms with Crippen LogP contribution in [0.25, 0.3) is 11.0 Å². The molecule has 7 nitrogen and oxygen atoms in total. The Morgan fingerprint density at radius 3 is 2.81 bits per heavy atom. The fraction of sp³-hybridized carbons (Fsp3) is 0.429. The van der Waals surface area contributed by atoms with E-state index in [0.717, 1.165) is 5.52 Å². The number of carbonyl (C=O) groups is 2. The summed E-state index contributed by atoms with van der Waals surface area (Å²) in [5, 5.41) is 10.6. The summed E-state index contributed by atoms with van der Waals surface area (Å²) < 4.78 is 6.70. The predicted octanol–water partition coefficient (Wildman–Crippen LogP) is 1.13. The molecule has 7 heteroatoms. The van der Waals surface area contributed by atoms with Crippen molar-refractivity contribution in [1.82, 2.24) is 20.3 Å². The molecule has 0 radical (unpaired) electrons. The number of rotatable bonds is 5. The number of hydrogen-bond acceptors (Lipinski definition) is 5.